The molecule has 2 N–H and O–H groups in total. The van der Waals surface area contributed by atoms with Crippen molar-refractivity contribution in [1.82, 2.24) is 30.4 Å². The van der Waals surface area contributed by atoms with Crippen LogP contribution in [0.5, 0.6) is 0 Å². The average molecular weight is 316 g/mol. The molecule has 0 saturated carbocycles. The second-order valence-electron chi connectivity index (χ2n) is 5.44. The number of H-pyrrole nitrogens is 1. The summed E-state index contributed by atoms with van der Waals surface area (Å²) in [6.45, 7) is 4.21. The number of aromatic nitrogens is 4. The lowest BCUT2D eigenvalue weighted by Gasteiger charge is -2.26. The van der Waals surface area contributed by atoms with Crippen LogP contribution in [0, 0.1) is 0 Å². The molecule has 1 saturated heterocycles. The van der Waals surface area contributed by atoms with Crippen molar-refractivity contribution in [2.24, 2.45) is 0 Å². The Morgan fingerprint density at radius 3 is 3.09 bits per heavy atom. The van der Waals surface area contributed by atoms with Crippen LogP contribution >= 0.6 is 0 Å². The number of ether oxygens (including phenoxy) is 1. The van der Waals surface area contributed by atoms with Crippen molar-refractivity contribution < 1.29 is 9.53 Å². The zero-order valence-electron chi connectivity index (χ0n) is 13.0. The van der Waals surface area contributed by atoms with Crippen LogP contribution in [0.4, 0.5) is 4.79 Å². The monoisotopic (exact) mass is 316 g/mol. The molecule has 8 nitrogen and oxygen atoms in total. The van der Waals surface area contributed by atoms with Crippen molar-refractivity contribution in [3.8, 4) is 11.4 Å². The number of nitrogens with zero attached hydrogens (tertiary/aromatic N) is 4. The zero-order valence-corrected chi connectivity index (χ0v) is 13.0. The minimum atomic E-state index is -0.107. The third kappa shape index (κ3) is 3.84. The third-order valence-electron chi connectivity index (χ3n) is 3.83. The fourth-order valence-electron chi connectivity index (χ4n) is 2.46. The first-order valence-electron chi connectivity index (χ1n) is 7.68. The summed E-state index contributed by atoms with van der Waals surface area (Å²) >= 11 is 0. The van der Waals surface area contributed by atoms with E-state index in [0.29, 0.717) is 38.0 Å². The van der Waals surface area contributed by atoms with Gasteiger partial charge in [0, 0.05) is 37.2 Å². The van der Waals surface area contributed by atoms with Crippen LogP contribution in [0.15, 0.2) is 24.5 Å². The maximum Gasteiger partial charge on any atom is 0.318 e. The van der Waals surface area contributed by atoms with E-state index >= 15 is 0 Å². The van der Waals surface area contributed by atoms with Crippen molar-refractivity contribution in [1.29, 1.82) is 0 Å². The highest BCUT2D eigenvalue weighted by Gasteiger charge is 2.22. The van der Waals surface area contributed by atoms with Crippen LogP contribution < -0.4 is 5.32 Å². The second kappa shape index (κ2) is 7.19. The topological polar surface area (TPSA) is 96.0 Å². The molecular weight excluding hydrogens is 296 g/mol. The summed E-state index contributed by atoms with van der Waals surface area (Å²) < 4.78 is 5.41. The molecular formula is C15H20N6O2. The minimum Gasteiger partial charge on any atom is -0.380 e. The first kappa shape index (κ1) is 15.4. The molecule has 0 aliphatic carbocycles. The number of carbonyl (C=O) groups is 1. The first-order chi connectivity index (χ1) is 11.2. The van der Waals surface area contributed by atoms with Crippen molar-refractivity contribution in [2.45, 2.75) is 25.9 Å². The van der Waals surface area contributed by atoms with Crippen molar-refractivity contribution in [3.63, 3.8) is 0 Å². The first-order valence-corrected chi connectivity index (χ1v) is 7.68. The van der Waals surface area contributed by atoms with Crippen LogP contribution in [0.3, 0.4) is 0 Å². The number of hydrogen-bond acceptors (Lipinski definition) is 5. The van der Waals surface area contributed by atoms with E-state index in [1.165, 1.54) is 0 Å². The Hall–Kier alpha value is -2.48. The lowest BCUT2D eigenvalue weighted by Crippen LogP contribution is -2.45. The highest BCUT2D eigenvalue weighted by Crippen LogP contribution is 2.12. The lowest BCUT2D eigenvalue weighted by atomic mass is 10.2. The number of aromatic amines is 1. The standard InChI is InChI=1S/C15H20N6O2/c1-11-4-8-23-9-7-21(11)15(22)17-10-13-18-14(20-19-13)12-2-5-16-6-3-12/h2-3,5-6,11H,4,7-10H2,1H3,(H,17,22)(H,18,19,20). The maximum atomic E-state index is 12.3. The van der Waals surface area contributed by atoms with Gasteiger partial charge in [0.25, 0.3) is 0 Å². The molecule has 23 heavy (non-hydrogen) atoms. The third-order valence-corrected chi connectivity index (χ3v) is 3.83. The van der Waals surface area contributed by atoms with Gasteiger partial charge in [-0.3, -0.25) is 10.1 Å². The number of amides is 2. The molecule has 3 heterocycles. The van der Waals surface area contributed by atoms with Gasteiger partial charge in [-0.25, -0.2) is 9.78 Å². The fourth-order valence-corrected chi connectivity index (χ4v) is 2.46. The fraction of sp³-hybridized carbons (Fsp3) is 0.467. The van der Waals surface area contributed by atoms with Crippen LogP contribution in [0.2, 0.25) is 0 Å². The maximum absolute atomic E-state index is 12.3. The Labute approximate surface area is 134 Å². The molecule has 1 fully saturated rings. The molecule has 0 bridgehead atoms. The second-order valence-corrected chi connectivity index (χ2v) is 5.44. The highest BCUT2D eigenvalue weighted by atomic mass is 16.5. The van der Waals surface area contributed by atoms with Gasteiger partial charge in [-0.15, -0.1) is 0 Å². The summed E-state index contributed by atoms with van der Waals surface area (Å²) in [5, 5.41) is 9.88. The smallest absolute Gasteiger partial charge is 0.318 e. The van der Waals surface area contributed by atoms with E-state index in [4.69, 9.17) is 4.74 Å². The Morgan fingerprint density at radius 2 is 2.26 bits per heavy atom. The van der Waals surface area contributed by atoms with Crippen molar-refractivity contribution in [3.05, 3.63) is 30.4 Å². The van der Waals surface area contributed by atoms with E-state index in [-0.39, 0.29) is 12.1 Å². The van der Waals surface area contributed by atoms with Crippen LogP contribution in [-0.4, -0.2) is 56.9 Å². The number of carbonyl (C=O) groups excluding carboxylic acids is 1. The van der Waals surface area contributed by atoms with E-state index in [2.05, 4.69) is 25.5 Å². The molecule has 1 aliphatic heterocycles. The predicted octanol–water partition coefficient (Wildman–Crippen LogP) is 1.19. The molecule has 1 atom stereocenters. The zero-order chi connectivity index (χ0) is 16.1. The summed E-state index contributed by atoms with van der Waals surface area (Å²) in [6.07, 6.45) is 4.23. The summed E-state index contributed by atoms with van der Waals surface area (Å²) in [4.78, 5) is 22.4. The van der Waals surface area contributed by atoms with Gasteiger partial charge in [0.2, 0.25) is 0 Å². The van der Waals surface area contributed by atoms with Gasteiger partial charge in [-0.2, -0.15) is 5.10 Å². The van der Waals surface area contributed by atoms with E-state index in [9.17, 15) is 4.79 Å². The van der Waals surface area contributed by atoms with E-state index in [1.807, 2.05) is 19.1 Å². The molecule has 8 heteroatoms. The molecule has 2 aromatic rings. The summed E-state index contributed by atoms with van der Waals surface area (Å²) in [7, 11) is 0. The van der Waals surface area contributed by atoms with Gasteiger partial charge in [0.1, 0.15) is 5.82 Å². The quantitative estimate of drug-likeness (QED) is 0.886. The van der Waals surface area contributed by atoms with Gasteiger partial charge in [-0.05, 0) is 25.5 Å². The highest BCUT2D eigenvalue weighted by molar-refractivity contribution is 5.74. The summed E-state index contributed by atoms with van der Waals surface area (Å²) in [6, 6.07) is 3.74. The Bertz CT molecular complexity index is 644. The number of hydrogen-bond donors (Lipinski definition) is 2. The molecule has 3 rings (SSSR count). The van der Waals surface area contributed by atoms with Crippen molar-refractivity contribution in [2.75, 3.05) is 19.8 Å². The molecule has 122 valence electrons. The molecule has 2 aromatic heterocycles. The van der Waals surface area contributed by atoms with E-state index in [1.54, 1.807) is 17.3 Å². The van der Waals surface area contributed by atoms with Gasteiger partial charge < -0.3 is 15.0 Å². The lowest BCUT2D eigenvalue weighted by molar-refractivity contribution is 0.142. The van der Waals surface area contributed by atoms with Crippen LogP contribution in [0.25, 0.3) is 11.4 Å². The SMILES string of the molecule is CC1CCOCCN1C(=O)NCc1nc(-c2ccncc2)n[nH]1. The average Bonchev–Trinajstić information content (AvgIpc) is 2.95. The number of urea groups is 1. The molecule has 0 radical (unpaired) electrons. The summed E-state index contributed by atoms with van der Waals surface area (Å²) in [5.74, 6) is 1.21. The van der Waals surface area contributed by atoms with Crippen LogP contribution in [0.1, 0.15) is 19.2 Å². The van der Waals surface area contributed by atoms with Crippen molar-refractivity contribution >= 4 is 6.03 Å². The number of rotatable bonds is 3. The molecule has 2 amide bonds. The van der Waals surface area contributed by atoms with Gasteiger partial charge in [0.05, 0.1) is 13.2 Å². The van der Waals surface area contributed by atoms with Gasteiger partial charge in [-0.1, -0.05) is 0 Å². The Kier molecular flexibility index (Phi) is 4.82. The van der Waals surface area contributed by atoms with E-state index in [0.717, 1.165) is 12.0 Å². The van der Waals surface area contributed by atoms with Gasteiger partial charge in [0.15, 0.2) is 5.82 Å². The number of nitrogens with one attached hydrogen (secondary N) is 2. The molecule has 0 aromatic carbocycles. The largest absolute Gasteiger partial charge is 0.380 e. The normalized spacial score (nSPS) is 18.5. The van der Waals surface area contributed by atoms with Gasteiger partial charge >= 0.3 is 6.03 Å². The Balaban J connectivity index is 1.58. The number of pyridine rings is 1. The van der Waals surface area contributed by atoms with Crippen LogP contribution in [-0.2, 0) is 11.3 Å². The molecule has 0 spiro atoms. The molecule has 1 unspecified atom stereocenters. The predicted molar refractivity (Wildman–Crippen MR) is 83.5 cm³/mol. The molecule has 1 aliphatic rings. The summed E-state index contributed by atoms with van der Waals surface area (Å²) in [5.41, 5.74) is 0.882. The Morgan fingerprint density at radius 1 is 1.43 bits per heavy atom. The van der Waals surface area contributed by atoms with E-state index < -0.39 is 0 Å². The minimum absolute atomic E-state index is 0.107.